The van der Waals surface area contributed by atoms with Crippen molar-refractivity contribution in [3.8, 4) is 28.5 Å². The van der Waals surface area contributed by atoms with Crippen LogP contribution in [-0.4, -0.2) is 70.8 Å². The molecule has 0 unspecified atom stereocenters. The van der Waals surface area contributed by atoms with E-state index in [-0.39, 0.29) is 22.9 Å². The molecule has 2 saturated heterocycles. The Hall–Kier alpha value is -3.21. The number of aromatic hydroxyl groups is 1. The Kier molecular flexibility index (Phi) is 4.25. The quantitative estimate of drug-likeness (QED) is 0.609. The number of aryl methyl sites for hydroxylation is 1. The zero-order valence-corrected chi connectivity index (χ0v) is 18.7. The summed E-state index contributed by atoms with van der Waals surface area (Å²) in [5.74, 6) is 0.270. The van der Waals surface area contributed by atoms with E-state index in [0.717, 1.165) is 17.7 Å². The average molecular weight is 457 g/mol. The number of phenolic OH excluding ortho intramolecular Hbond substituents is 1. The minimum absolute atomic E-state index is 0.0431. The van der Waals surface area contributed by atoms with Crippen LogP contribution in [-0.2, 0) is 7.05 Å². The van der Waals surface area contributed by atoms with Gasteiger partial charge in [-0.3, -0.25) is 0 Å². The first kappa shape index (κ1) is 18.2. The van der Waals surface area contributed by atoms with Crippen LogP contribution in [0.3, 0.4) is 0 Å². The Bertz CT molecular complexity index is 1270. The lowest BCUT2D eigenvalue weighted by Crippen LogP contribution is -2.72. The van der Waals surface area contributed by atoms with Crippen LogP contribution in [0.5, 0.6) is 5.75 Å². The molecule has 4 atom stereocenters. The van der Waals surface area contributed by atoms with Crippen molar-refractivity contribution in [2.24, 2.45) is 7.05 Å². The predicted octanol–water partition coefficient (Wildman–Crippen LogP) is 2.27. The van der Waals surface area contributed by atoms with E-state index in [0.29, 0.717) is 29.8 Å². The molecule has 2 aromatic heterocycles. The third-order valence-corrected chi connectivity index (χ3v) is 6.75. The SMILES string of the molecule is [2H]C([2H])([2H])N(c1cnc(-c2ccc(-c3nnn(C)n3)cc2O)nn1)[C@H]1C[C@]2(C)CCC[C@@](C)(N2)[C@H]1F. The molecule has 174 valence electrons. The van der Waals surface area contributed by atoms with E-state index >= 15 is 4.39 Å². The molecule has 2 fully saturated rings. The standard InChI is InChI=1S/C22H28FN9O/c1-21-8-5-9-22(2,29-21)18(23)15(11-21)31(3)17-12-24-20(26-25-17)14-7-6-13(10-16(14)33)19-27-30-32(4)28-19/h6-7,10,12,15,18,29,33H,5,8-9,11H2,1-4H3/t15-,18-,21-,22+/m0/s1/i3D3. The maximum Gasteiger partial charge on any atom is 0.205 e. The van der Waals surface area contributed by atoms with Crippen LogP contribution in [0, 0.1) is 0 Å². The number of tetrazole rings is 1. The molecule has 3 aromatic rings. The Balaban J connectivity index is 1.46. The van der Waals surface area contributed by atoms with Gasteiger partial charge in [-0.2, -0.15) is 4.80 Å². The molecule has 2 bridgehead atoms. The van der Waals surface area contributed by atoms with Crippen LogP contribution >= 0.6 is 0 Å². The number of benzene rings is 1. The van der Waals surface area contributed by atoms with Gasteiger partial charge >= 0.3 is 0 Å². The van der Waals surface area contributed by atoms with Gasteiger partial charge in [-0.15, -0.1) is 20.4 Å². The van der Waals surface area contributed by atoms with E-state index < -0.39 is 24.7 Å². The summed E-state index contributed by atoms with van der Waals surface area (Å²) in [6.45, 7) is 1.17. The molecule has 2 N–H and O–H groups in total. The minimum Gasteiger partial charge on any atom is -0.507 e. The van der Waals surface area contributed by atoms with Crippen molar-refractivity contribution >= 4 is 5.82 Å². The van der Waals surface area contributed by atoms with Gasteiger partial charge in [-0.25, -0.2) is 9.37 Å². The number of halogens is 1. The highest BCUT2D eigenvalue weighted by Gasteiger charge is 2.53. The number of fused-ring (bicyclic) bond motifs is 2. The molecule has 5 rings (SSSR count). The summed E-state index contributed by atoms with van der Waals surface area (Å²) in [5, 5.41) is 34.0. The molecule has 0 saturated carbocycles. The molecule has 11 heteroatoms. The number of nitrogens with zero attached hydrogens (tertiary/aromatic N) is 8. The topological polar surface area (TPSA) is 118 Å². The van der Waals surface area contributed by atoms with Crippen LogP contribution in [0.4, 0.5) is 10.2 Å². The van der Waals surface area contributed by atoms with Crippen LogP contribution in [0.25, 0.3) is 22.8 Å². The Labute approximate surface area is 195 Å². The second-order valence-corrected chi connectivity index (χ2v) is 9.47. The van der Waals surface area contributed by atoms with Crippen LogP contribution in [0.1, 0.15) is 43.6 Å². The number of nitrogens with one attached hydrogen (secondary N) is 1. The molecule has 1 aromatic carbocycles. The van der Waals surface area contributed by atoms with Crippen molar-refractivity contribution in [2.45, 2.75) is 62.8 Å². The van der Waals surface area contributed by atoms with Gasteiger partial charge in [-0.05, 0) is 56.9 Å². The summed E-state index contributed by atoms with van der Waals surface area (Å²) >= 11 is 0. The number of hydrogen-bond donors (Lipinski definition) is 2. The summed E-state index contributed by atoms with van der Waals surface area (Å²) in [7, 11) is 1.64. The van der Waals surface area contributed by atoms with Gasteiger partial charge < -0.3 is 15.3 Å². The highest BCUT2D eigenvalue weighted by molar-refractivity contribution is 5.69. The number of piperidine rings is 2. The molecule has 33 heavy (non-hydrogen) atoms. The Morgan fingerprint density at radius 2 is 2.09 bits per heavy atom. The summed E-state index contributed by atoms with van der Waals surface area (Å²) in [6.07, 6.45) is 2.48. The van der Waals surface area contributed by atoms with Crippen molar-refractivity contribution in [1.82, 2.24) is 40.7 Å². The molecule has 0 spiro atoms. The molecule has 0 amide bonds. The zero-order valence-electron chi connectivity index (χ0n) is 21.7. The van der Waals surface area contributed by atoms with Crippen molar-refractivity contribution in [2.75, 3.05) is 11.9 Å². The molecular formula is C22H28FN9O. The molecule has 2 aliphatic rings. The number of hydrogen-bond acceptors (Lipinski definition) is 9. The van der Waals surface area contributed by atoms with Gasteiger partial charge in [0.15, 0.2) is 11.6 Å². The lowest BCUT2D eigenvalue weighted by molar-refractivity contribution is 0.00193. The third-order valence-electron chi connectivity index (χ3n) is 6.75. The van der Waals surface area contributed by atoms with E-state index in [9.17, 15) is 5.11 Å². The average Bonchev–Trinajstić information content (AvgIpc) is 3.23. The van der Waals surface area contributed by atoms with E-state index in [4.69, 9.17) is 4.11 Å². The normalized spacial score (nSPS) is 30.8. The third kappa shape index (κ3) is 3.79. The fraction of sp³-hybridized carbons (Fsp3) is 0.545. The van der Waals surface area contributed by atoms with Gasteiger partial charge in [0.25, 0.3) is 0 Å². The van der Waals surface area contributed by atoms with Gasteiger partial charge in [0.1, 0.15) is 11.9 Å². The monoisotopic (exact) mass is 456 g/mol. The fourth-order valence-electron chi connectivity index (χ4n) is 5.16. The first-order chi connectivity index (χ1) is 16.9. The molecule has 2 aliphatic heterocycles. The first-order valence-corrected chi connectivity index (χ1v) is 10.9. The molecular weight excluding hydrogens is 425 g/mol. The van der Waals surface area contributed by atoms with Crippen molar-refractivity contribution in [3.05, 3.63) is 24.4 Å². The van der Waals surface area contributed by atoms with Crippen LogP contribution < -0.4 is 10.2 Å². The van der Waals surface area contributed by atoms with Gasteiger partial charge in [-0.1, -0.05) is 6.07 Å². The summed E-state index contributed by atoms with van der Waals surface area (Å²) in [4.78, 5) is 6.61. The van der Waals surface area contributed by atoms with Gasteiger partial charge in [0.05, 0.1) is 24.8 Å². The lowest BCUT2D eigenvalue weighted by Gasteiger charge is -2.56. The summed E-state index contributed by atoms with van der Waals surface area (Å²) in [5.41, 5.74) is -0.362. The van der Waals surface area contributed by atoms with Crippen LogP contribution in [0.2, 0.25) is 0 Å². The lowest BCUT2D eigenvalue weighted by atomic mass is 9.68. The number of anilines is 1. The summed E-state index contributed by atoms with van der Waals surface area (Å²) in [6, 6.07) is 3.80. The van der Waals surface area contributed by atoms with E-state index in [1.54, 1.807) is 19.2 Å². The summed E-state index contributed by atoms with van der Waals surface area (Å²) < 4.78 is 40.3. The van der Waals surface area contributed by atoms with E-state index in [1.807, 2.05) is 13.8 Å². The molecule has 10 nitrogen and oxygen atoms in total. The van der Waals surface area contributed by atoms with E-state index in [1.165, 1.54) is 17.1 Å². The Morgan fingerprint density at radius 1 is 1.24 bits per heavy atom. The van der Waals surface area contributed by atoms with Crippen molar-refractivity contribution < 1.29 is 13.6 Å². The maximum absolute atomic E-state index is 15.8. The molecule has 0 radical (unpaired) electrons. The minimum atomic E-state index is -2.65. The zero-order chi connectivity index (χ0) is 25.9. The van der Waals surface area contributed by atoms with Crippen molar-refractivity contribution in [3.63, 3.8) is 0 Å². The number of aromatic nitrogens is 7. The number of alkyl halides is 1. The second kappa shape index (κ2) is 7.68. The van der Waals surface area contributed by atoms with Crippen LogP contribution in [0.15, 0.2) is 24.4 Å². The largest absolute Gasteiger partial charge is 0.507 e. The number of rotatable bonds is 4. The highest BCUT2D eigenvalue weighted by atomic mass is 19.1. The Morgan fingerprint density at radius 3 is 2.76 bits per heavy atom. The number of phenols is 1. The van der Waals surface area contributed by atoms with Crippen molar-refractivity contribution in [1.29, 1.82) is 0 Å². The smallest absolute Gasteiger partial charge is 0.205 e. The first-order valence-electron chi connectivity index (χ1n) is 12.4. The fourth-order valence-corrected chi connectivity index (χ4v) is 5.16. The van der Waals surface area contributed by atoms with E-state index in [2.05, 4.69) is 35.9 Å². The molecule has 4 heterocycles. The predicted molar refractivity (Wildman–Crippen MR) is 120 cm³/mol. The van der Waals surface area contributed by atoms with Gasteiger partial charge in [0.2, 0.25) is 5.82 Å². The van der Waals surface area contributed by atoms with Gasteiger partial charge in [0, 0.05) is 27.7 Å². The second-order valence-electron chi connectivity index (χ2n) is 9.47. The molecule has 0 aliphatic carbocycles. The maximum atomic E-state index is 15.8. The highest BCUT2D eigenvalue weighted by Crippen LogP contribution is 2.43.